The quantitative estimate of drug-likeness (QED) is 0.757. The van der Waals surface area contributed by atoms with Gasteiger partial charge in [0, 0.05) is 43.7 Å². The molecule has 6 rings (SSSR count). The van der Waals surface area contributed by atoms with Crippen molar-refractivity contribution < 1.29 is 4.79 Å². The first-order valence-corrected chi connectivity index (χ1v) is 9.73. The number of carbonyl (C=O) groups excluding carboxylic acids is 1. The average molecular weight is 357 g/mol. The van der Waals surface area contributed by atoms with Gasteiger partial charge in [-0.25, -0.2) is 0 Å². The van der Waals surface area contributed by atoms with E-state index in [4.69, 9.17) is 0 Å². The Bertz CT molecular complexity index is 916. The molecule has 2 bridgehead atoms. The monoisotopic (exact) mass is 357 g/mol. The first-order chi connectivity index (χ1) is 13.3. The minimum atomic E-state index is 0.105. The maximum absolute atomic E-state index is 12.3. The number of rotatable bonds is 5. The van der Waals surface area contributed by atoms with Crippen LogP contribution in [-0.2, 0) is 11.3 Å². The molecule has 0 spiro atoms. The van der Waals surface area contributed by atoms with Crippen LogP contribution in [0.5, 0.6) is 0 Å². The third-order valence-corrected chi connectivity index (χ3v) is 6.11. The lowest BCUT2D eigenvalue weighted by Crippen LogP contribution is -2.39. The van der Waals surface area contributed by atoms with Crippen LogP contribution in [0.15, 0.2) is 67.0 Å². The molecule has 3 aromatic rings. The predicted molar refractivity (Wildman–Crippen MR) is 105 cm³/mol. The second-order valence-electron chi connectivity index (χ2n) is 7.61. The Kier molecular flexibility index (Phi) is 4.04. The fourth-order valence-corrected chi connectivity index (χ4v) is 4.94. The van der Waals surface area contributed by atoms with Gasteiger partial charge in [-0.05, 0) is 40.7 Å². The van der Waals surface area contributed by atoms with Crippen LogP contribution >= 0.6 is 0 Å². The van der Waals surface area contributed by atoms with Gasteiger partial charge in [0.1, 0.15) is 0 Å². The lowest BCUT2D eigenvalue weighted by molar-refractivity contribution is -0.121. The third-order valence-electron chi connectivity index (χ3n) is 6.11. The van der Waals surface area contributed by atoms with E-state index in [1.54, 1.807) is 10.9 Å². The molecule has 0 saturated heterocycles. The number of benzene rings is 2. The molecule has 1 heterocycles. The highest BCUT2D eigenvalue weighted by molar-refractivity contribution is 5.75. The van der Waals surface area contributed by atoms with E-state index in [1.807, 2.05) is 12.3 Å². The first kappa shape index (κ1) is 16.3. The molecule has 4 nitrogen and oxygen atoms in total. The Morgan fingerprint density at radius 2 is 1.67 bits per heavy atom. The number of nitrogens with zero attached hydrogens (tertiary/aromatic N) is 2. The van der Waals surface area contributed by atoms with Crippen molar-refractivity contribution in [2.75, 3.05) is 6.54 Å². The van der Waals surface area contributed by atoms with Gasteiger partial charge in [-0.3, -0.25) is 9.48 Å². The van der Waals surface area contributed by atoms with Crippen LogP contribution in [0.25, 0.3) is 0 Å². The predicted octanol–water partition coefficient (Wildman–Crippen LogP) is 3.69. The molecule has 1 amide bonds. The lowest BCUT2D eigenvalue weighted by atomic mass is 9.59. The lowest BCUT2D eigenvalue weighted by Gasteiger charge is -2.45. The number of aromatic nitrogens is 2. The molecule has 0 saturated carbocycles. The molecule has 0 fully saturated rings. The summed E-state index contributed by atoms with van der Waals surface area (Å²) in [4.78, 5) is 12.3. The SMILES string of the molecule is O=C(CCn1cccn1)NCC1CC2c3ccccc3C1c1ccccc12. The second-order valence-corrected chi connectivity index (χ2v) is 7.61. The summed E-state index contributed by atoms with van der Waals surface area (Å²) in [5.74, 6) is 1.39. The van der Waals surface area contributed by atoms with Gasteiger partial charge in [0.15, 0.2) is 0 Å². The van der Waals surface area contributed by atoms with E-state index in [0.29, 0.717) is 30.7 Å². The molecule has 27 heavy (non-hydrogen) atoms. The normalized spacial score (nSPS) is 22.1. The van der Waals surface area contributed by atoms with Crippen molar-refractivity contribution in [3.8, 4) is 0 Å². The molecular formula is C23H23N3O. The standard InChI is InChI=1S/C23H23N3O/c27-22(10-13-26-12-5-11-25-26)24-15-16-14-21-17-6-1-3-8-19(17)23(16)20-9-4-2-7-18(20)21/h1-9,11-12,16,21,23H,10,13-15H2,(H,24,27). The zero-order valence-corrected chi connectivity index (χ0v) is 15.2. The van der Waals surface area contributed by atoms with Crippen molar-refractivity contribution in [3.63, 3.8) is 0 Å². The van der Waals surface area contributed by atoms with Gasteiger partial charge in [-0.1, -0.05) is 48.5 Å². The Hall–Kier alpha value is -2.88. The van der Waals surface area contributed by atoms with Crippen LogP contribution < -0.4 is 5.32 Å². The molecule has 1 aromatic heterocycles. The molecule has 3 aliphatic rings. The van der Waals surface area contributed by atoms with Crippen LogP contribution in [0.1, 0.15) is 46.9 Å². The van der Waals surface area contributed by atoms with Crippen LogP contribution in [0.2, 0.25) is 0 Å². The van der Waals surface area contributed by atoms with Crippen LogP contribution in [0, 0.1) is 5.92 Å². The molecule has 4 heteroatoms. The van der Waals surface area contributed by atoms with Crippen LogP contribution in [-0.4, -0.2) is 22.2 Å². The van der Waals surface area contributed by atoms with Gasteiger partial charge in [0.2, 0.25) is 5.91 Å². The van der Waals surface area contributed by atoms with Gasteiger partial charge in [-0.15, -0.1) is 0 Å². The van der Waals surface area contributed by atoms with Crippen LogP contribution in [0.3, 0.4) is 0 Å². The van der Waals surface area contributed by atoms with E-state index in [-0.39, 0.29) is 5.91 Å². The minimum Gasteiger partial charge on any atom is -0.356 e. The summed E-state index contributed by atoms with van der Waals surface area (Å²) < 4.78 is 1.80. The van der Waals surface area contributed by atoms with Gasteiger partial charge < -0.3 is 5.32 Å². The highest BCUT2D eigenvalue weighted by atomic mass is 16.1. The second kappa shape index (κ2) is 6.69. The van der Waals surface area contributed by atoms with Crippen molar-refractivity contribution in [1.82, 2.24) is 15.1 Å². The molecule has 0 radical (unpaired) electrons. The zero-order valence-electron chi connectivity index (χ0n) is 15.2. The smallest absolute Gasteiger partial charge is 0.221 e. The minimum absolute atomic E-state index is 0.105. The summed E-state index contributed by atoms with van der Waals surface area (Å²) in [6.45, 7) is 1.36. The molecule has 1 unspecified atom stereocenters. The van der Waals surface area contributed by atoms with Crippen molar-refractivity contribution in [2.45, 2.75) is 31.2 Å². The summed E-state index contributed by atoms with van der Waals surface area (Å²) in [7, 11) is 0. The number of nitrogens with one attached hydrogen (secondary N) is 1. The van der Waals surface area contributed by atoms with Crippen molar-refractivity contribution in [3.05, 3.63) is 89.2 Å². The van der Waals surface area contributed by atoms with E-state index in [1.165, 1.54) is 22.3 Å². The summed E-state index contributed by atoms with van der Waals surface area (Å²) in [6, 6.07) is 19.6. The Morgan fingerprint density at radius 1 is 1.00 bits per heavy atom. The fourth-order valence-electron chi connectivity index (χ4n) is 4.94. The van der Waals surface area contributed by atoms with E-state index in [9.17, 15) is 4.79 Å². The molecule has 0 aliphatic heterocycles. The third kappa shape index (κ3) is 2.85. The van der Waals surface area contributed by atoms with Crippen molar-refractivity contribution >= 4 is 5.91 Å². The number of carbonyl (C=O) groups is 1. The Labute approximate surface area is 159 Å². The van der Waals surface area contributed by atoms with E-state index < -0.39 is 0 Å². The number of fused-ring (bicyclic) bond motifs is 1. The van der Waals surface area contributed by atoms with Gasteiger partial charge in [0.25, 0.3) is 0 Å². The summed E-state index contributed by atoms with van der Waals surface area (Å²) in [5, 5.41) is 7.34. The van der Waals surface area contributed by atoms with E-state index >= 15 is 0 Å². The van der Waals surface area contributed by atoms with Gasteiger partial charge in [-0.2, -0.15) is 5.10 Å². The Balaban J connectivity index is 1.32. The Morgan fingerprint density at radius 3 is 2.30 bits per heavy atom. The van der Waals surface area contributed by atoms with E-state index in [0.717, 1.165) is 13.0 Å². The molecule has 1 atom stereocenters. The molecular weight excluding hydrogens is 334 g/mol. The summed E-state index contributed by atoms with van der Waals surface area (Å²) in [5.41, 5.74) is 5.84. The number of aryl methyl sites for hydroxylation is 1. The van der Waals surface area contributed by atoms with E-state index in [2.05, 4.69) is 58.9 Å². The molecule has 136 valence electrons. The van der Waals surface area contributed by atoms with Crippen molar-refractivity contribution in [1.29, 1.82) is 0 Å². The van der Waals surface area contributed by atoms with Crippen molar-refractivity contribution in [2.24, 2.45) is 5.92 Å². The first-order valence-electron chi connectivity index (χ1n) is 9.73. The number of hydrogen-bond donors (Lipinski definition) is 1. The molecule has 2 aromatic carbocycles. The van der Waals surface area contributed by atoms with Crippen LogP contribution in [0.4, 0.5) is 0 Å². The maximum atomic E-state index is 12.3. The summed E-state index contributed by atoms with van der Waals surface area (Å²) >= 11 is 0. The highest BCUT2D eigenvalue weighted by Crippen LogP contribution is 2.55. The average Bonchev–Trinajstić information content (AvgIpc) is 3.24. The molecule has 1 N–H and O–H groups in total. The maximum Gasteiger partial charge on any atom is 0.221 e. The highest BCUT2D eigenvalue weighted by Gasteiger charge is 2.42. The number of hydrogen-bond acceptors (Lipinski definition) is 2. The largest absolute Gasteiger partial charge is 0.356 e. The zero-order chi connectivity index (χ0) is 18.2. The fraction of sp³-hybridized carbons (Fsp3) is 0.304. The molecule has 3 aliphatic carbocycles. The van der Waals surface area contributed by atoms with Gasteiger partial charge >= 0.3 is 0 Å². The topological polar surface area (TPSA) is 46.9 Å². The number of amides is 1. The van der Waals surface area contributed by atoms with Gasteiger partial charge in [0.05, 0.1) is 0 Å². The summed E-state index contributed by atoms with van der Waals surface area (Å²) in [6.07, 6.45) is 5.21.